The standard InChI is InChI=1S/C21H22F3N5O2/c1-21(2,3)20(30)28-6-4-12(5-7-28)29-18-13(10-27-29)19(26-11-25-18)31-17-9-15(23)14(22)8-16(17)24/h8-12H,4-7H2,1-3H3. The number of hydrogen-bond acceptors (Lipinski definition) is 5. The lowest BCUT2D eigenvalue weighted by molar-refractivity contribution is -0.140. The fraction of sp³-hybridized carbons (Fsp3) is 0.429. The fourth-order valence-electron chi connectivity index (χ4n) is 3.66. The van der Waals surface area contributed by atoms with E-state index in [-0.39, 0.29) is 17.8 Å². The molecule has 0 aliphatic carbocycles. The van der Waals surface area contributed by atoms with Gasteiger partial charge in [0.1, 0.15) is 11.7 Å². The highest BCUT2D eigenvalue weighted by Crippen LogP contribution is 2.32. The molecule has 31 heavy (non-hydrogen) atoms. The summed E-state index contributed by atoms with van der Waals surface area (Å²) in [4.78, 5) is 22.6. The number of likely N-dealkylation sites (tertiary alicyclic amines) is 1. The minimum absolute atomic E-state index is 0.0125. The van der Waals surface area contributed by atoms with Gasteiger partial charge in [-0.1, -0.05) is 20.8 Å². The Hall–Kier alpha value is -3.17. The number of aromatic nitrogens is 4. The van der Waals surface area contributed by atoms with Crippen molar-refractivity contribution < 1.29 is 22.7 Å². The molecule has 0 atom stereocenters. The third-order valence-corrected chi connectivity index (χ3v) is 5.28. The van der Waals surface area contributed by atoms with Gasteiger partial charge in [-0.2, -0.15) is 5.10 Å². The monoisotopic (exact) mass is 433 g/mol. The third-order valence-electron chi connectivity index (χ3n) is 5.28. The number of nitrogens with zero attached hydrogens (tertiary/aromatic N) is 5. The Morgan fingerprint density at radius 1 is 1.06 bits per heavy atom. The predicted molar refractivity (Wildman–Crippen MR) is 106 cm³/mol. The van der Waals surface area contributed by atoms with E-state index in [1.54, 1.807) is 4.68 Å². The van der Waals surface area contributed by atoms with Crippen LogP contribution in [0.15, 0.2) is 24.7 Å². The van der Waals surface area contributed by atoms with E-state index < -0.39 is 28.6 Å². The summed E-state index contributed by atoms with van der Waals surface area (Å²) in [5, 5.41) is 4.81. The number of fused-ring (bicyclic) bond motifs is 1. The van der Waals surface area contributed by atoms with E-state index in [0.29, 0.717) is 49.1 Å². The molecule has 4 rings (SSSR count). The van der Waals surface area contributed by atoms with Crippen molar-refractivity contribution in [3.63, 3.8) is 0 Å². The van der Waals surface area contributed by atoms with E-state index in [1.807, 2.05) is 25.7 Å². The minimum Gasteiger partial charge on any atom is -0.435 e. The van der Waals surface area contributed by atoms with Gasteiger partial charge >= 0.3 is 0 Å². The molecule has 7 nitrogen and oxygen atoms in total. The van der Waals surface area contributed by atoms with Crippen molar-refractivity contribution in [2.75, 3.05) is 13.1 Å². The van der Waals surface area contributed by atoms with Crippen LogP contribution < -0.4 is 4.74 Å². The topological polar surface area (TPSA) is 73.1 Å². The molecule has 3 aromatic rings. The maximum atomic E-state index is 14.0. The summed E-state index contributed by atoms with van der Waals surface area (Å²) in [7, 11) is 0. The minimum atomic E-state index is -1.30. The normalized spacial score (nSPS) is 15.5. The lowest BCUT2D eigenvalue weighted by Crippen LogP contribution is -2.44. The first-order chi connectivity index (χ1) is 14.6. The van der Waals surface area contributed by atoms with Gasteiger partial charge in [0.2, 0.25) is 11.8 Å². The highest BCUT2D eigenvalue weighted by atomic mass is 19.2. The maximum Gasteiger partial charge on any atom is 0.233 e. The molecule has 2 aromatic heterocycles. The molecule has 0 spiro atoms. The van der Waals surface area contributed by atoms with Crippen LogP contribution in [0.4, 0.5) is 13.2 Å². The molecule has 1 aliphatic rings. The quantitative estimate of drug-likeness (QED) is 0.578. The van der Waals surface area contributed by atoms with E-state index in [0.717, 1.165) is 0 Å². The van der Waals surface area contributed by atoms with Gasteiger partial charge in [-0.25, -0.2) is 27.8 Å². The van der Waals surface area contributed by atoms with Gasteiger partial charge in [0.25, 0.3) is 0 Å². The second kappa shape index (κ2) is 7.82. The summed E-state index contributed by atoms with van der Waals surface area (Å²) in [6.07, 6.45) is 4.15. The highest BCUT2D eigenvalue weighted by molar-refractivity contribution is 5.82. The molecule has 1 aliphatic heterocycles. The molecule has 1 aromatic carbocycles. The maximum absolute atomic E-state index is 14.0. The molecule has 0 radical (unpaired) electrons. The van der Waals surface area contributed by atoms with Crippen LogP contribution in [0.25, 0.3) is 11.0 Å². The average Bonchev–Trinajstić information content (AvgIpc) is 3.16. The van der Waals surface area contributed by atoms with E-state index in [1.165, 1.54) is 12.5 Å². The van der Waals surface area contributed by atoms with Gasteiger partial charge < -0.3 is 9.64 Å². The van der Waals surface area contributed by atoms with Crippen molar-refractivity contribution in [3.05, 3.63) is 42.1 Å². The number of halogens is 3. The number of benzene rings is 1. The van der Waals surface area contributed by atoms with Gasteiger partial charge in [0.05, 0.1) is 12.2 Å². The first-order valence-electron chi connectivity index (χ1n) is 9.95. The number of rotatable bonds is 3. The Morgan fingerprint density at radius 3 is 2.42 bits per heavy atom. The fourth-order valence-corrected chi connectivity index (χ4v) is 3.66. The number of piperidine rings is 1. The van der Waals surface area contributed by atoms with Gasteiger partial charge in [-0.3, -0.25) is 4.79 Å². The summed E-state index contributed by atoms with van der Waals surface area (Å²) in [6, 6.07) is 1.06. The van der Waals surface area contributed by atoms with Crippen LogP contribution in [0.1, 0.15) is 39.7 Å². The van der Waals surface area contributed by atoms with E-state index in [2.05, 4.69) is 15.1 Å². The van der Waals surface area contributed by atoms with Crippen molar-refractivity contribution in [3.8, 4) is 11.6 Å². The van der Waals surface area contributed by atoms with Crippen LogP contribution in [-0.4, -0.2) is 43.6 Å². The van der Waals surface area contributed by atoms with Crippen LogP contribution in [0.5, 0.6) is 11.6 Å². The molecule has 3 heterocycles. The highest BCUT2D eigenvalue weighted by Gasteiger charge is 2.31. The van der Waals surface area contributed by atoms with Crippen molar-refractivity contribution in [2.45, 2.75) is 39.7 Å². The number of carbonyl (C=O) groups is 1. The van der Waals surface area contributed by atoms with E-state index in [4.69, 9.17) is 4.74 Å². The van der Waals surface area contributed by atoms with Crippen molar-refractivity contribution >= 4 is 16.9 Å². The second-order valence-electron chi connectivity index (χ2n) is 8.58. The van der Waals surface area contributed by atoms with E-state index >= 15 is 0 Å². The van der Waals surface area contributed by atoms with Crippen LogP contribution in [-0.2, 0) is 4.79 Å². The van der Waals surface area contributed by atoms with Gasteiger partial charge in [-0.05, 0) is 12.8 Å². The Kier molecular flexibility index (Phi) is 5.32. The van der Waals surface area contributed by atoms with Gasteiger partial charge in [-0.15, -0.1) is 0 Å². The molecule has 0 N–H and O–H groups in total. The second-order valence-corrected chi connectivity index (χ2v) is 8.58. The molecule has 1 saturated heterocycles. The lowest BCUT2D eigenvalue weighted by Gasteiger charge is -2.35. The molecular weight excluding hydrogens is 411 g/mol. The Bertz CT molecular complexity index is 1130. The van der Waals surface area contributed by atoms with Gasteiger partial charge in [0, 0.05) is 30.6 Å². The zero-order chi connectivity index (χ0) is 22.3. The largest absolute Gasteiger partial charge is 0.435 e. The Balaban J connectivity index is 1.56. The Labute approximate surface area is 176 Å². The SMILES string of the molecule is CC(C)(C)C(=O)N1CCC(n2ncc3c(Oc4cc(F)c(F)cc4F)ncnc32)CC1. The number of hydrogen-bond donors (Lipinski definition) is 0. The summed E-state index contributed by atoms with van der Waals surface area (Å²) in [6.45, 7) is 6.91. The molecule has 1 amide bonds. The first-order valence-corrected chi connectivity index (χ1v) is 9.95. The van der Waals surface area contributed by atoms with Crippen LogP contribution in [0, 0.1) is 22.9 Å². The third kappa shape index (κ3) is 4.06. The van der Waals surface area contributed by atoms with Crippen molar-refractivity contribution in [2.24, 2.45) is 5.41 Å². The molecule has 164 valence electrons. The molecule has 0 unspecified atom stereocenters. The predicted octanol–water partition coefficient (Wildman–Crippen LogP) is 4.25. The average molecular weight is 433 g/mol. The smallest absolute Gasteiger partial charge is 0.233 e. The molecule has 0 saturated carbocycles. The van der Waals surface area contributed by atoms with Crippen LogP contribution in [0.3, 0.4) is 0 Å². The number of carbonyl (C=O) groups excluding carboxylic acids is 1. The first kappa shape index (κ1) is 21.1. The molecule has 10 heteroatoms. The zero-order valence-corrected chi connectivity index (χ0v) is 17.4. The van der Waals surface area contributed by atoms with E-state index in [9.17, 15) is 18.0 Å². The molecular formula is C21H22F3N5O2. The Morgan fingerprint density at radius 2 is 1.74 bits per heavy atom. The van der Waals surface area contributed by atoms with Crippen molar-refractivity contribution in [1.82, 2.24) is 24.6 Å². The van der Waals surface area contributed by atoms with Crippen molar-refractivity contribution in [1.29, 1.82) is 0 Å². The number of ether oxygens (including phenoxy) is 1. The van der Waals surface area contributed by atoms with Crippen LogP contribution >= 0.6 is 0 Å². The summed E-state index contributed by atoms with van der Waals surface area (Å²) in [5.41, 5.74) is 0.0494. The summed E-state index contributed by atoms with van der Waals surface area (Å²) < 4.78 is 47.8. The summed E-state index contributed by atoms with van der Waals surface area (Å²) in [5.74, 6) is -3.96. The zero-order valence-electron chi connectivity index (χ0n) is 17.4. The summed E-state index contributed by atoms with van der Waals surface area (Å²) >= 11 is 0. The lowest BCUT2D eigenvalue weighted by atomic mass is 9.93. The van der Waals surface area contributed by atoms with Gasteiger partial charge in [0.15, 0.2) is 28.8 Å². The molecule has 1 fully saturated rings. The number of amides is 1. The van der Waals surface area contributed by atoms with Crippen LogP contribution in [0.2, 0.25) is 0 Å². The molecule has 0 bridgehead atoms.